The molecule has 0 radical (unpaired) electrons. The van der Waals surface area contributed by atoms with Crippen LogP contribution in [0.5, 0.6) is 0 Å². The topological polar surface area (TPSA) is 28.2 Å². The summed E-state index contributed by atoms with van der Waals surface area (Å²) in [6.45, 7) is 8.93. The molecule has 1 atom stereocenters. The Morgan fingerprint density at radius 1 is 1.25 bits per heavy atom. The molecule has 0 amide bonds. The van der Waals surface area contributed by atoms with Crippen LogP contribution in [-0.4, -0.2) is 35.6 Å². The van der Waals surface area contributed by atoms with Gasteiger partial charge in [0.15, 0.2) is 0 Å². The third-order valence-corrected chi connectivity index (χ3v) is 4.92. The van der Waals surface area contributed by atoms with Gasteiger partial charge in [-0.2, -0.15) is 0 Å². The summed E-state index contributed by atoms with van der Waals surface area (Å²) in [7, 11) is 2.09. The van der Waals surface area contributed by atoms with Crippen LogP contribution in [0.25, 0.3) is 0 Å². The zero-order chi connectivity index (χ0) is 14.6. The third-order valence-electron chi connectivity index (χ3n) is 4.92. The van der Waals surface area contributed by atoms with Crippen LogP contribution >= 0.6 is 0 Å². The Balaban J connectivity index is 2.40. The molecule has 3 heteroatoms. The number of aromatic nitrogens is 1. The minimum atomic E-state index is 0.258. The molecule has 1 aromatic heterocycles. The number of hydrogen-bond acceptors (Lipinski definition) is 3. The van der Waals surface area contributed by atoms with Crippen molar-refractivity contribution in [2.75, 3.05) is 20.1 Å². The molecule has 1 fully saturated rings. The summed E-state index contributed by atoms with van der Waals surface area (Å²) in [5.74, 6) is 0. The maximum Gasteiger partial charge on any atom is 0.0520 e. The highest BCUT2D eigenvalue weighted by atomic mass is 15.2. The molecule has 0 aliphatic heterocycles. The normalized spacial score (nSPS) is 19.4. The summed E-state index contributed by atoms with van der Waals surface area (Å²) < 4.78 is 0. The van der Waals surface area contributed by atoms with Gasteiger partial charge in [-0.1, -0.05) is 32.8 Å². The first-order chi connectivity index (χ1) is 9.67. The quantitative estimate of drug-likeness (QED) is 0.863. The molecule has 0 saturated heterocycles. The molecule has 1 aliphatic rings. The van der Waals surface area contributed by atoms with E-state index < -0.39 is 0 Å². The molecule has 20 heavy (non-hydrogen) atoms. The van der Waals surface area contributed by atoms with Crippen LogP contribution in [0, 0.1) is 6.92 Å². The zero-order valence-corrected chi connectivity index (χ0v) is 13.4. The van der Waals surface area contributed by atoms with Crippen molar-refractivity contribution in [1.29, 1.82) is 0 Å². The maximum absolute atomic E-state index is 4.41. The van der Waals surface area contributed by atoms with Gasteiger partial charge in [-0.15, -0.1) is 0 Å². The van der Waals surface area contributed by atoms with Gasteiger partial charge in [-0.3, -0.25) is 9.88 Å². The second-order valence-corrected chi connectivity index (χ2v) is 6.00. The van der Waals surface area contributed by atoms with Crippen LogP contribution < -0.4 is 5.32 Å². The van der Waals surface area contributed by atoms with Crippen LogP contribution in [0.1, 0.15) is 56.7 Å². The van der Waals surface area contributed by atoms with Crippen molar-refractivity contribution >= 4 is 0 Å². The molecule has 1 saturated carbocycles. The van der Waals surface area contributed by atoms with Crippen LogP contribution in [0.15, 0.2) is 18.5 Å². The lowest BCUT2D eigenvalue weighted by Gasteiger charge is -2.46. The van der Waals surface area contributed by atoms with Gasteiger partial charge in [0.05, 0.1) is 6.04 Å². The fraction of sp³-hybridized carbons (Fsp3) is 0.706. The lowest BCUT2D eigenvalue weighted by atomic mass is 9.82. The average molecular weight is 275 g/mol. The largest absolute Gasteiger partial charge is 0.311 e. The number of likely N-dealkylation sites (N-methyl/N-ethyl adjacent to an activating group) is 2. The van der Waals surface area contributed by atoms with Gasteiger partial charge in [0, 0.05) is 17.9 Å². The van der Waals surface area contributed by atoms with Crippen LogP contribution in [0.3, 0.4) is 0 Å². The highest BCUT2D eigenvalue weighted by Crippen LogP contribution is 2.44. The molecule has 0 spiro atoms. The van der Waals surface area contributed by atoms with Crippen molar-refractivity contribution in [3.63, 3.8) is 0 Å². The molecule has 1 aliphatic carbocycles. The molecular weight excluding hydrogens is 246 g/mol. The second-order valence-electron chi connectivity index (χ2n) is 6.00. The Morgan fingerprint density at radius 2 is 1.90 bits per heavy atom. The van der Waals surface area contributed by atoms with Crippen LogP contribution in [-0.2, 0) is 0 Å². The fourth-order valence-electron chi connectivity index (χ4n) is 4.11. The standard InChI is InChI=1S/C17H29N3/c1-5-20(6-2)17(9-7-8-10-17)16(18-4)15-11-14(3)12-19-13-15/h11-13,16,18H,5-10H2,1-4H3. The van der Waals surface area contributed by atoms with Crippen molar-refractivity contribution in [1.82, 2.24) is 15.2 Å². The van der Waals surface area contributed by atoms with E-state index in [1.807, 2.05) is 12.4 Å². The van der Waals surface area contributed by atoms with E-state index in [2.05, 4.69) is 49.1 Å². The molecule has 112 valence electrons. The Kier molecular flexibility index (Phi) is 5.17. The molecule has 3 nitrogen and oxygen atoms in total. The van der Waals surface area contributed by atoms with Crippen molar-refractivity contribution in [2.24, 2.45) is 0 Å². The smallest absolute Gasteiger partial charge is 0.0520 e. The Labute approximate surface area is 123 Å². The molecule has 1 heterocycles. The third kappa shape index (κ3) is 2.75. The highest BCUT2D eigenvalue weighted by Gasteiger charge is 2.45. The predicted octanol–water partition coefficient (Wildman–Crippen LogP) is 3.31. The maximum atomic E-state index is 4.41. The number of nitrogens with one attached hydrogen (secondary N) is 1. The van der Waals surface area contributed by atoms with Crippen molar-refractivity contribution in [3.8, 4) is 0 Å². The first-order valence-corrected chi connectivity index (χ1v) is 8.01. The number of rotatable bonds is 6. The highest BCUT2D eigenvalue weighted by molar-refractivity contribution is 5.25. The summed E-state index contributed by atoms with van der Waals surface area (Å²) in [6.07, 6.45) is 9.23. The second kappa shape index (κ2) is 6.68. The Bertz CT molecular complexity index is 420. The number of nitrogens with zero attached hydrogens (tertiary/aromatic N) is 2. The summed E-state index contributed by atoms with van der Waals surface area (Å²) in [4.78, 5) is 7.06. The van der Waals surface area contributed by atoms with Gasteiger partial charge in [0.1, 0.15) is 0 Å². The van der Waals surface area contributed by atoms with Gasteiger partial charge < -0.3 is 5.32 Å². The van der Waals surface area contributed by atoms with Gasteiger partial charge in [0.25, 0.3) is 0 Å². The van der Waals surface area contributed by atoms with Gasteiger partial charge >= 0.3 is 0 Å². The van der Waals surface area contributed by atoms with E-state index in [4.69, 9.17) is 0 Å². The average Bonchev–Trinajstić information content (AvgIpc) is 2.91. The van der Waals surface area contributed by atoms with E-state index in [1.54, 1.807) is 0 Å². The van der Waals surface area contributed by atoms with E-state index in [-0.39, 0.29) is 5.54 Å². The monoisotopic (exact) mass is 275 g/mol. The predicted molar refractivity (Wildman–Crippen MR) is 84.9 cm³/mol. The fourth-order valence-corrected chi connectivity index (χ4v) is 4.11. The van der Waals surface area contributed by atoms with Gasteiger partial charge in [0.2, 0.25) is 0 Å². The summed E-state index contributed by atoms with van der Waals surface area (Å²) in [5, 5.41) is 3.60. The molecule has 2 rings (SSSR count). The minimum Gasteiger partial charge on any atom is -0.311 e. The molecule has 0 bridgehead atoms. The minimum absolute atomic E-state index is 0.258. The number of aryl methyl sites for hydroxylation is 1. The van der Waals surface area contributed by atoms with Crippen molar-refractivity contribution < 1.29 is 0 Å². The lowest BCUT2D eigenvalue weighted by molar-refractivity contribution is 0.0654. The van der Waals surface area contributed by atoms with E-state index in [1.165, 1.54) is 36.8 Å². The molecule has 0 aromatic carbocycles. The van der Waals surface area contributed by atoms with E-state index in [0.717, 1.165) is 13.1 Å². The SMILES string of the molecule is CCN(CC)C1(C(NC)c2cncc(C)c2)CCCC1. The van der Waals surface area contributed by atoms with Gasteiger partial charge in [-0.05, 0) is 51.0 Å². The van der Waals surface area contributed by atoms with E-state index >= 15 is 0 Å². The van der Waals surface area contributed by atoms with E-state index in [9.17, 15) is 0 Å². The molecule has 1 unspecified atom stereocenters. The van der Waals surface area contributed by atoms with Gasteiger partial charge in [-0.25, -0.2) is 0 Å². The van der Waals surface area contributed by atoms with Crippen molar-refractivity contribution in [3.05, 3.63) is 29.6 Å². The molecule has 1 N–H and O–H groups in total. The van der Waals surface area contributed by atoms with Crippen LogP contribution in [0.2, 0.25) is 0 Å². The molecular formula is C17H29N3. The molecule has 1 aromatic rings. The van der Waals surface area contributed by atoms with Crippen molar-refractivity contribution in [2.45, 2.75) is 58.0 Å². The summed E-state index contributed by atoms with van der Waals surface area (Å²) in [6, 6.07) is 2.66. The summed E-state index contributed by atoms with van der Waals surface area (Å²) >= 11 is 0. The first-order valence-electron chi connectivity index (χ1n) is 8.01. The number of hydrogen-bond donors (Lipinski definition) is 1. The zero-order valence-electron chi connectivity index (χ0n) is 13.4. The van der Waals surface area contributed by atoms with Crippen LogP contribution in [0.4, 0.5) is 0 Å². The Morgan fingerprint density at radius 3 is 2.40 bits per heavy atom. The first kappa shape index (κ1) is 15.5. The Hall–Kier alpha value is -0.930. The summed E-state index contributed by atoms with van der Waals surface area (Å²) in [5.41, 5.74) is 2.84. The number of pyridine rings is 1. The van der Waals surface area contributed by atoms with E-state index in [0.29, 0.717) is 6.04 Å². The lowest BCUT2D eigenvalue weighted by Crippen LogP contribution is -2.54.